The smallest absolute Gasteiger partial charge is 0.0400 e. The Labute approximate surface area is 154 Å². The molecule has 4 fully saturated rings. The van der Waals surface area contributed by atoms with Crippen molar-refractivity contribution in [3.05, 3.63) is 28.8 Å². The Hall–Kier alpha value is -1.02. The monoisotopic (exact) mass is 340 g/mol. The molecule has 4 aliphatic carbocycles. The molecule has 5 rings (SSSR count). The summed E-state index contributed by atoms with van der Waals surface area (Å²) in [6.07, 6.45) is 8.63. The van der Waals surface area contributed by atoms with E-state index in [1.165, 1.54) is 60.9 Å². The molecule has 0 spiro atoms. The highest BCUT2D eigenvalue weighted by Gasteiger charge is 2.59. The molecule has 25 heavy (non-hydrogen) atoms. The molecule has 0 radical (unpaired) electrons. The van der Waals surface area contributed by atoms with Gasteiger partial charge < -0.3 is 10.6 Å². The normalized spacial score (nSPS) is 39.0. The largest absolute Gasteiger partial charge is 0.383 e. The van der Waals surface area contributed by atoms with Crippen molar-refractivity contribution in [2.75, 3.05) is 18.4 Å². The number of hydrogen-bond donors (Lipinski definition) is 2. The molecule has 4 saturated carbocycles. The quantitative estimate of drug-likeness (QED) is 0.705. The second-order valence-corrected chi connectivity index (χ2v) is 10.5. The third-order valence-electron chi connectivity index (χ3n) is 7.23. The molecular formula is C23H36N2. The van der Waals surface area contributed by atoms with Crippen LogP contribution in [-0.4, -0.2) is 18.6 Å². The van der Waals surface area contributed by atoms with Crippen LogP contribution in [0.5, 0.6) is 0 Å². The molecule has 2 unspecified atom stereocenters. The van der Waals surface area contributed by atoms with E-state index in [0.717, 1.165) is 19.0 Å². The number of rotatable bonds is 5. The van der Waals surface area contributed by atoms with Gasteiger partial charge in [0.2, 0.25) is 0 Å². The van der Waals surface area contributed by atoms with Crippen LogP contribution in [0.15, 0.2) is 12.1 Å². The van der Waals surface area contributed by atoms with Crippen LogP contribution in [-0.2, 0) is 0 Å². The summed E-state index contributed by atoms with van der Waals surface area (Å²) in [5.74, 6) is 0.966. The summed E-state index contributed by atoms with van der Waals surface area (Å²) >= 11 is 0. The van der Waals surface area contributed by atoms with E-state index >= 15 is 0 Å². The van der Waals surface area contributed by atoms with Crippen molar-refractivity contribution in [3.8, 4) is 0 Å². The van der Waals surface area contributed by atoms with E-state index < -0.39 is 0 Å². The first-order chi connectivity index (χ1) is 11.7. The second kappa shape index (κ2) is 5.74. The van der Waals surface area contributed by atoms with Crippen molar-refractivity contribution < 1.29 is 0 Å². The predicted octanol–water partition coefficient (Wildman–Crippen LogP) is 5.36. The topological polar surface area (TPSA) is 24.1 Å². The van der Waals surface area contributed by atoms with E-state index in [9.17, 15) is 0 Å². The Morgan fingerprint density at radius 3 is 2.04 bits per heavy atom. The summed E-state index contributed by atoms with van der Waals surface area (Å²) in [5, 5.41) is 7.73. The zero-order valence-electron chi connectivity index (χ0n) is 16.9. The number of hydrogen-bond acceptors (Lipinski definition) is 2. The molecule has 138 valence electrons. The third-order valence-corrected chi connectivity index (χ3v) is 7.23. The lowest BCUT2D eigenvalue weighted by Gasteiger charge is -2.65. The van der Waals surface area contributed by atoms with Gasteiger partial charge in [0.05, 0.1) is 0 Å². The van der Waals surface area contributed by atoms with Crippen LogP contribution in [0, 0.1) is 37.5 Å². The zero-order chi connectivity index (χ0) is 17.9. The highest BCUT2D eigenvalue weighted by molar-refractivity contribution is 5.58. The predicted molar refractivity (Wildman–Crippen MR) is 107 cm³/mol. The first kappa shape index (κ1) is 17.4. The third kappa shape index (κ3) is 3.23. The van der Waals surface area contributed by atoms with Gasteiger partial charge in [-0.2, -0.15) is 0 Å². The molecule has 1 aromatic rings. The second-order valence-electron chi connectivity index (χ2n) is 10.5. The summed E-state index contributed by atoms with van der Waals surface area (Å²) in [5.41, 5.74) is 7.03. The molecule has 0 amide bonds. The Kier molecular flexibility index (Phi) is 3.99. The van der Waals surface area contributed by atoms with Gasteiger partial charge in [0.1, 0.15) is 0 Å². The highest BCUT2D eigenvalue weighted by Crippen LogP contribution is 2.66. The molecule has 2 atom stereocenters. The summed E-state index contributed by atoms with van der Waals surface area (Å²) in [6, 6.07) is 4.56. The Morgan fingerprint density at radius 2 is 1.48 bits per heavy atom. The average molecular weight is 341 g/mol. The van der Waals surface area contributed by atoms with Gasteiger partial charge in [0.15, 0.2) is 0 Å². The fourth-order valence-electron chi connectivity index (χ4n) is 7.62. The zero-order valence-corrected chi connectivity index (χ0v) is 16.9. The number of aryl methyl sites for hydroxylation is 3. The van der Waals surface area contributed by atoms with Crippen LogP contribution in [0.3, 0.4) is 0 Å². The minimum absolute atomic E-state index is 0.419. The van der Waals surface area contributed by atoms with Crippen molar-refractivity contribution in [3.63, 3.8) is 0 Å². The molecular weight excluding hydrogens is 304 g/mol. The van der Waals surface area contributed by atoms with Gasteiger partial charge in [-0.15, -0.1) is 0 Å². The van der Waals surface area contributed by atoms with Gasteiger partial charge in [-0.1, -0.05) is 31.5 Å². The van der Waals surface area contributed by atoms with Gasteiger partial charge in [0.25, 0.3) is 0 Å². The number of anilines is 1. The molecule has 4 aliphatic rings. The summed E-state index contributed by atoms with van der Waals surface area (Å²) in [4.78, 5) is 0. The van der Waals surface area contributed by atoms with Crippen LogP contribution in [0.25, 0.3) is 0 Å². The SMILES string of the molecule is Cc1cc(C)c(NCCNC23CC4CC(C)(CC(C)(C4)C2)C3)c(C)c1. The van der Waals surface area contributed by atoms with Gasteiger partial charge in [-0.25, -0.2) is 0 Å². The minimum Gasteiger partial charge on any atom is -0.383 e. The lowest BCUT2D eigenvalue weighted by molar-refractivity contribution is -0.117. The number of benzene rings is 1. The summed E-state index contributed by atoms with van der Waals surface area (Å²) in [6.45, 7) is 13.8. The van der Waals surface area contributed by atoms with E-state index in [1.54, 1.807) is 0 Å². The van der Waals surface area contributed by atoms with Gasteiger partial charge in [-0.3, -0.25) is 0 Å². The van der Waals surface area contributed by atoms with Gasteiger partial charge >= 0.3 is 0 Å². The van der Waals surface area contributed by atoms with Crippen molar-refractivity contribution >= 4 is 5.69 Å². The maximum atomic E-state index is 4.04. The van der Waals surface area contributed by atoms with E-state index in [2.05, 4.69) is 57.4 Å². The van der Waals surface area contributed by atoms with Crippen molar-refractivity contribution in [2.24, 2.45) is 16.7 Å². The lowest BCUT2D eigenvalue weighted by Crippen LogP contribution is -2.64. The molecule has 0 saturated heterocycles. The average Bonchev–Trinajstić information content (AvgIpc) is 2.41. The van der Waals surface area contributed by atoms with Gasteiger partial charge in [-0.05, 0) is 87.2 Å². The maximum absolute atomic E-state index is 4.04. The van der Waals surface area contributed by atoms with Gasteiger partial charge in [0, 0.05) is 24.3 Å². The maximum Gasteiger partial charge on any atom is 0.0400 e. The molecule has 0 aromatic heterocycles. The first-order valence-electron chi connectivity index (χ1n) is 10.3. The molecule has 2 heteroatoms. The van der Waals surface area contributed by atoms with Crippen LogP contribution in [0.2, 0.25) is 0 Å². The summed E-state index contributed by atoms with van der Waals surface area (Å²) in [7, 11) is 0. The lowest BCUT2D eigenvalue weighted by atomic mass is 9.43. The van der Waals surface area contributed by atoms with Crippen molar-refractivity contribution in [1.29, 1.82) is 0 Å². The van der Waals surface area contributed by atoms with Crippen LogP contribution in [0.1, 0.15) is 69.1 Å². The fraction of sp³-hybridized carbons (Fsp3) is 0.739. The Morgan fingerprint density at radius 1 is 0.880 bits per heavy atom. The van der Waals surface area contributed by atoms with Crippen molar-refractivity contribution in [1.82, 2.24) is 5.32 Å². The van der Waals surface area contributed by atoms with Crippen LogP contribution < -0.4 is 10.6 Å². The Balaban J connectivity index is 1.38. The van der Waals surface area contributed by atoms with Crippen molar-refractivity contribution in [2.45, 2.75) is 78.7 Å². The molecule has 2 nitrogen and oxygen atoms in total. The van der Waals surface area contributed by atoms with E-state index in [4.69, 9.17) is 0 Å². The highest BCUT2D eigenvalue weighted by atomic mass is 15.0. The molecule has 1 aromatic carbocycles. The first-order valence-corrected chi connectivity index (χ1v) is 10.3. The minimum atomic E-state index is 0.419. The molecule has 2 N–H and O–H groups in total. The van der Waals surface area contributed by atoms with E-state index in [0.29, 0.717) is 16.4 Å². The van der Waals surface area contributed by atoms with Crippen LogP contribution in [0.4, 0.5) is 5.69 Å². The van der Waals surface area contributed by atoms with E-state index in [1.807, 2.05) is 0 Å². The Bertz CT molecular complexity index is 636. The molecule has 0 aliphatic heterocycles. The number of nitrogens with one attached hydrogen (secondary N) is 2. The van der Waals surface area contributed by atoms with Crippen LogP contribution >= 0.6 is 0 Å². The summed E-state index contributed by atoms with van der Waals surface area (Å²) < 4.78 is 0. The molecule has 0 heterocycles. The van der Waals surface area contributed by atoms with E-state index in [-0.39, 0.29) is 0 Å². The standard InChI is InChI=1S/C23H36N2/c1-16-8-17(2)20(18(3)9-16)24-6-7-25-23-12-19-10-21(4,14-23)13-22(5,11-19)15-23/h8-9,19,24-25H,6-7,10-15H2,1-5H3. The fourth-order valence-corrected chi connectivity index (χ4v) is 7.62. The molecule has 4 bridgehead atoms.